The number of alkyl halides is 3. The van der Waals surface area contributed by atoms with Crippen molar-refractivity contribution < 1.29 is 18.0 Å². The first-order valence-electron chi connectivity index (χ1n) is 7.59. The number of hydrogen-bond donors (Lipinski definition) is 1. The number of carbonyl (C=O) groups excluding carboxylic acids is 1. The quantitative estimate of drug-likeness (QED) is 0.894. The number of aromatic nitrogens is 2. The molecule has 1 atom stereocenters. The van der Waals surface area contributed by atoms with Crippen LogP contribution in [0.4, 0.5) is 13.2 Å². The van der Waals surface area contributed by atoms with Gasteiger partial charge in [0.15, 0.2) is 0 Å². The summed E-state index contributed by atoms with van der Waals surface area (Å²) in [4.78, 5) is 20.3. The molecular formula is C17H18F3N3O. The molecule has 128 valence electrons. The SMILES string of the molecule is CCCC(NC(=O)c1ccnc(C)n1)c1cccc(C(F)(F)F)c1. The van der Waals surface area contributed by atoms with E-state index in [1.54, 1.807) is 13.0 Å². The van der Waals surface area contributed by atoms with Crippen molar-refractivity contribution in [2.24, 2.45) is 0 Å². The molecule has 2 aromatic rings. The molecule has 24 heavy (non-hydrogen) atoms. The van der Waals surface area contributed by atoms with E-state index in [9.17, 15) is 18.0 Å². The summed E-state index contributed by atoms with van der Waals surface area (Å²) in [5.74, 6) is 0.0186. The van der Waals surface area contributed by atoms with Crippen LogP contribution >= 0.6 is 0 Å². The van der Waals surface area contributed by atoms with Crippen molar-refractivity contribution in [3.05, 3.63) is 59.2 Å². The Hall–Kier alpha value is -2.44. The Morgan fingerprint density at radius 1 is 1.29 bits per heavy atom. The third-order valence-electron chi connectivity index (χ3n) is 3.51. The summed E-state index contributed by atoms with van der Waals surface area (Å²) in [6.07, 6.45) is -1.71. The van der Waals surface area contributed by atoms with Crippen LogP contribution in [0.15, 0.2) is 36.5 Å². The highest BCUT2D eigenvalue weighted by molar-refractivity contribution is 5.92. The number of nitrogens with zero attached hydrogens (tertiary/aromatic N) is 2. The number of aryl methyl sites for hydroxylation is 1. The summed E-state index contributed by atoms with van der Waals surface area (Å²) in [7, 11) is 0. The van der Waals surface area contributed by atoms with Crippen LogP contribution in [0.3, 0.4) is 0 Å². The monoisotopic (exact) mass is 337 g/mol. The van der Waals surface area contributed by atoms with E-state index >= 15 is 0 Å². The van der Waals surface area contributed by atoms with Gasteiger partial charge in [0.1, 0.15) is 11.5 Å². The molecule has 1 aromatic carbocycles. The largest absolute Gasteiger partial charge is 0.416 e. The molecule has 7 heteroatoms. The van der Waals surface area contributed by atoms with Gasteiger partial charge >= 0.3 is 6.18 Å². The third kappa shape index (κ3) is 4.53. The first-order chi connectivity index (χ1) is 11.3. The van der Waals surface area contributed by atoms with Crippen molar-refractivity contribution >= 4 is 5.91 Å². The zero-order chi connectivity index (χ0) is 17.7. The molecule has 0 radical (unpaired) electrons. The molecule has 1 heterocycles. The number of nitrogens with one attached hydrogen (secondary N) is 1. The van der Waals surface area contributed by atoms with E-state index in [0.717, 1.165) is 12.1 Å². The Labute approximate surface area is 138 Å². The van der Waals surface area contributed by atoms with Crippen molar-refractivity contribution in [1.29, 1.82) is 0 Å². The van der Waals surface area contributed by atoms with Crippen molar-refractivity contribution in [2.75, 3.05) is 0 Å². The maximum absolute atomic E-state index is 12.9. The lowest BCUT2D eigenvalue weighted by Gasteiger charge is -2.20. The second kappa shape index (κ2) is 7.42. The van der Waals surface area contributed by atoms with Crippen LogP contribution in [0.5, 0.6) is 0 Å². The van der Waals surface area contributed by atoms with E-state index in [0.29, 0.717) is 24.2 Å². The van der Waals surface area contributed by atoms with Gasteiger partial charge in [-0.1, -0.05) is 25.5 Å². The van der Waals surface area contributed by atoms with Gasteiger partial charge in [-0.05, 0) is 37.1 Å². The van der Waals surface area contributed by atoms with Gasteiger partial charge < -0.3 is 5.32 Å². The van der Waals surface area contributed by atoms with Crippen molar-refractivity contribution in [3.8, 4) is 0 Å². The van der Waals surface area contributed by atoms with Crippen LogP contribution < -0.4 is 5.32 Å². The molecule has 0 aliphatic carbocycles. The van der Waals surface area contributed by atoms with Gasteiger partial charge in [-0.15, -0.1) is 0 Å². The van der Waals surface area contributed by atoms with Crippen LogP contribution in [0, 0.1) is 6.92 Å². The summed E-state index contributed by atoms with van der Waals surface area (Å²) in [6, 6.07) is 5.98. The highest BCUT2D eigenvalue weighted by Crippen LogP contribution is 2.31. The van der Waals surface area contributed by atoms with E-state index < -0.39 is 23.7 Å². The van der Waals surface area contributed by atoms with Gasteiger partial charge in [-0.2, -0.15) is 13.2 Å². The standard InChI is InChI=1S/C17H18F3N3O/c1-3-5-14(12-6-4-7-13(10-12)17(18,19)20)23-16(24)15-8-9-21-11(2)22-15/h4,6-10,14H,3,5H2,1-2H3,(H,23,24). The van der Waals surface area contributed by atoms with E-state index in [1.807, 2.05) is 6.92 Å². The maximum Gasteiger partial charge on any atom is 0.416 e. The normalized spacial score (nSPS) is 12.7. The number of hydrogen-bond acceptors (Lipinski definition) is 3. The van der Waals surface area contributed by atoms with Crippen molar-refractivity contribution in [2.45, 2.75) is 38.9 Å². The van der Waals surface area contributed by atoms with E-state index in [2.05, 4.69) is 15.3 Å². The Morgan fingerprint density at radius 3 is 2.67 bits per heavy atom. The highest BCUT2D eigenvalue weighted by Gasteiger charge is 2.31. The minimum absolute atomic E-state index is 0.190. The van der Waals surface area contributed by atoms with E-state index in [1.165, 1.54) is 18.3 Å². The molecule has 0 spiro atoms. The fourth-order valence-corrected chi connectivity index (χ4v) is 2.36. The summed E-state index contributed by atoms with van der Waals surface area (Å²) in [6.45, 7) is 3.56. The molecule has 1 aromatic heterocycles. The molecule has 0 saturated heterocycles. The van der Waals surface area contributed by atoms with Crippen LogP contribution in [0.2, 0.25) is 0 Å². The Bertz CT molecular complexity index is 716. The highest BCUT2D eigenvalue weighted by atomic mass is 19.4. The molecule has 2 rings (SSSR count). The maximum atomic E-state index is 12.9. The fraction of sp³-hybridized carbons (Fsp3) is 0.353. The van der Waals surface area contributed by atoms with Gasteiger partial charge in [0.2, 0.25) is 0 Å². The Balaban J connectivity index is 2.25. The van der Waals surface area contributed by atoms with E-state index in [-0.39, 0.29) is 5.69 Å². The van der Waals surface area contributed by atoms with Gasteiger partial charge in [0.25, 0.3) is 5.91 Å². The lowest BCUT2D eigenvalue weighted by molar-refractivity contribution is -0.137. The predicted octanol–water partition coefficient (Wildman–Crippen LogP) is 4.08. The second-order valence-corrected chi connectivity index (χ2v) is 5.43. The number of halogens is 3. The van der Waals surface area contributed by atoms with Gasteiger partial charge in [-0.3, -0.25) is 4.79 Å². The first kappa shape index (κ1) is 17.9. The third-order valence-corrected chi connectivity index (χ3v) is 3.51. The molecule has 1 N–H and O–H groups in total. The van der Waals surface area contributed by atoms with Gasteiger partial charge in [-0.25, -0.2) is 9.97 Å². The van der Waals surface area contributed by atoms with Crippen LogP contribution in [-0.4, -0.2) is 15.9 Å². The Kier molecular flexibility index (Phi) is 5.54. The number of amides is 1. The average Bonchev–Trinajstić information content (AvgIpc) is 2.53. The lowest BCUT2D eigenvalue weighted by Crippen LogP contribution is -2.29. The van der Waals surface area contributed by atoms with Crippen LogP contribution in [0.1, 0.15) is 53.2 Å². The summed E-state index contributed by atoms with van der Waals surface area (Å²) < 4.78 is 38.7. The predicted molar refractivity (Wildman–Crippen MR) is 83.3 cm³/mol. The smallest absolute Gasteiger partial charge is 0.344 e. The molecule has 0 bridgehead atoms. The van der Waals surface area contributed by atoms with Crippen LogP contribution in [-0.2, 0) is 6.18 Å². The molecule has 4 nitrogen and oxygen atoms in total. The van der Waals surface area contributed by atoms with Crippen molar-refractivity contribution in [1.82, 2.24) is 15.3 Å². The fourth-order valence-electron chi connectivity index (χ4n) is 2.36. The van der Waals surface area contributed by atoms with Gasteiger partial charge in [0.05, 0.1) is 11.6 Å². The average molecular weight is 337 g/mol. The topological polar surface area (TPSA) is 54.9 Å². The first-order valence-corrected chi connectivity index (χ1v) is 7.59. The molecule has 1 amide bonds. The summed E-state index contributed by atoms with van der Waals surface area (Å²) in [5, 5.41) is 2.76. The van der Waals surface area contributed by atoms with E-state index in [4.69, 9.17) is 0 Å². The molecule has 0 aliphatic rings. The number of rotatable bonds is 5. The summed E-state index contributed by atoms with van der Waals surface area (Å²) >= 11 is 0. The van der Waals surface area contributed by atoms with Crippen molar-refractivity contribution in [3.63, 3.8) is 0 Å². The molecule has 0 aliphatic heterocycles. The van der Waals surface area contributed by atoms with Gasteiger partial charge in [0, 0.05) is 6.20 Å². The van der Waals surface area contributed by atoms with Crippen LogP contribution in [0.25, 0.3) is 0 Å². The molecule has 0 saturated carbocycles. The zero-order valence-electron chi connectivity index (χ0n) is 13.4. The minimum atomic E-state index is -4.42. The number of carbonyl (C=O) groups is 1. The lowest BCUT2D eigenvalue weighted by atomic mass is 9.99. The Morgan fingerprint density at radius 2 is 2.04 bits per heavy atom. The zero-order valence-corrected chi connectivity index (χ0v) is 13.4. The summed E-state index contributed by atoms with van der Waals surface area (Å²) in [5.41, 5.74) is -0.116. The molecule has 1 unspecified atom stereocenters. The minimum Gasteiger partial charge on any atom is -0.344 e. The molecule has 0 fully saturated rings. The molecular weight excluding hydrogens is 319 g/mol. The number of benzene rings is 1. The second-order valence-electron chi connectivity index (χ2n) is 5.43.